The number of nitrogens with zero attached hydrogens (tertiary/aromatic N) is 2. The first kappa shape index (κ1) is 26.9. The molecule has 1 aliphatic carbocycles. The van der Waals surface area contributed by atoms with Crippen LogP contribution in [-0.2, 0) is 21.0 Å². The number of Topliss-reactive ketones (excluding diaryl/α,β-unsaturated/α-hetero) is 1. The van der Waals surface area contributed by atoms with Crippen LogP contribution in [-0.4, -0.2) is 72.4 Å². The number of nitrogens with one attached hydrogen (secondary N) is 3. The first-order chi connectivity index (χ1) is 18.7. The van der Waals surface area contributed by atoms with Gasteiger partial charge in [0, 0.05) is 42.7 Å². The second-order valence-corrected chi connectivity index (χ2v) is 12.9. The highest BCUT2D eigenvalue weighted by molar-refractivity contribution is 7.91. The van der Waals surface area contributed by atoms with E-state index in [1.165, 1.54) is 0 Å². The molecule has 1 saturated heterocycles. The Bertz CT molecular complexity index is 1460. The standard InChI is InChI=1S/C28H33N5O5S/c1-18(2)39(36,37)17-19-14-22-25(23(34)15-19)27(30-21-6-4-3-5-7-21)26(31-22)20-8-9-29-24(16-20)32-28(35)33-10-12-38-13-11-33/h3-9,16,18-19,30-31H,10-15,17H2,1-2H3,(H,29,32,35). The van der Waals surface area contributed by atoms with Crippen LogP contribution in [0, 0.1) is 5.92 Å². The van der Waals surface area contributed by atoms with Gasteiger partial charge in [0.2, 0.25) is 0 Å². The van der Waals surface area contributed by atoms with E-state index in [9.17, 15) is 18.0 Å². The van der Waals surface area contributed by atoms with Crippen molar-refractivity contribution in [2.24, 2.45) is 5.92 Å². The molecule has 1 aliphatic heterocycles. The van der Waals surface area contributed by atoms with Gasteiger partial charge in [-0.3, -0.25) is 10.1 Å². The largest absolute Gasteiger partial charge is 0.378 e. The summed E-state index contributed by atoms with van der Waals surface area (Å²) in [7, 11) is -3.30. The number of sulfone groups is 1. The minimum absolute atomic E-state index is 0.0291. The predicted molar refractivity (Wildman–Crippen MR) is 150 cm³/mol. The molecule has 3 aromatic rings. The lowest BCUT2D eigenvalue weighted by molar-refractivity contribution is 0.0564. The monoisotopic (exact) mass is 551 g/mol. The maximum absolute atomic E-state index is 13.5. The molecule has 2 aliphatic rings. The Morgan fingerprint density at radius 2 is 1.90 bits per heavy atom. The quantitative estimate of drug-likeness (QED) is 0.400. The van der Waals surface area contributed by atoms with Gasteiger partial charge in [0.1, 0.15) is 5.82 Å². The molecule has 2 amide bonds. The predicted octanol–water partition coefficient (Wildman–Crippen LogP) is 4.25. The van der Waals surface area contributed by atoms with Crippen molar-refractivity contribution in [1.82, 2.24) is 14.9 Å². The zero-order valence-corrected chi connectivity index (χ0v) is 22.9. The van der Waals surface area contributed by atoms with Gasteiger partial charge in [-0.05, 0) is 50.5 Å². The summed E-state index contributed by atoms with van der Waals surface area (Å²) in [5.41, 5.74) is 4.10. The van der Waals surface area contributed by atoms with Crippen molar-refractivity contribution >= 4 is 38.8 Å². The number of urea groups is 1. The van der Waals surface area contributed by atoms with Gasteiger partial charge in [0.15, 0.2) is 15.6 Å². The number of amides is 2. The third-order valence-corrected chi connectivity index (χ3v) is 9.51. The van der Waals surface area contributed by atoms with E-state index in [-0.39, 0.29) is 29.9 Å². The van der Waals surface area contributed by atoms with Gasteiger partial charge >= 0.3 is 6.03 Å². The number of H-pyrrole nitrogens is 1. The number of pyridine rings is 1. The van der Waals surface area contributed by atoms with Crippen molar-refractivity contribution in [2.45, 2.75) is 31.9 Å². The lowest BCUT2D eigenvalue weighted by Gasteiger charge is -2.26. The van der Waals surface area contributed by atoms with E-state index in [1.54, 1.807) is 31.0 Å². The summed E-state index contributed by atoms with van der Waals surface area (Å²) in [4.78, 5) is 35.6. The Balaban J connectivity index is 1.49. The third kappa shape index (κ3) is 5.99. The molecule has 206 valence electrons. The number of hydrogen-bond acceptors (Lipinski definition) is 7. The van der Waals surface area contributed by atoms with Crippen LogP contribution in [0.4, 0.5) is 22.0 Å². The molecular formula is C28H33N5O5S. The second kappa shape index (κ2) is 11.2. The molecule has 10 nitrogen and oxygen atoms in total. The van der Waals surface area contributed by atoms with Crippen LogP contribution in [0.15, 0.2) is 48.7 Å². The molecule has 11 heteroatoms. The summed E-state index contributed by atoms with van der Waals surface area (Å²) in [5.74, 6) is -0.0432. The highest BCUT2D eigenvalue weighted by Gasteiger charge is 2.34. The number of carbonyl (C=O) groups excluding carboxylic acids is 2. The number of ether oxygens (including phenoxy) is 1. The second-order valence-electron chi connectivity index (χ2n) is 10.3. The third-order valence-electron chi connectivity index (χ3n) is 7.13. The summed E-state index contributed by atoms with van der Waals surface area (Å²) in [6, 6.07) is 12.9. The van der Waals surface area contributed by atoms with E-state index < -0.39 is 15.1 Å². The fourth-order valence-corrected chi connectivity index (χ4v) is 6.27. The SMILES string of the molecule is CC(C)S(=O)(=O)CC1CC(=O)c2c([nH]c(-c3ccnc(NC(=O)N4CCOCC4)c3)c2Nc2ccccc2)C1. The van der Waals surface area contributed by atoms with Gasteiger partial charge in [0.05, 0.1) is 41.2 Å². The van der Waals surface area contributed by atoms with E-state index in [2.05, 4.69) is 20.6 Å². The summed E-state index contributed by atoms with van der Waals surface area (Å²) >= 11 is 0. The Kier molecular flexibility index (Phi) is 7.72. The van der Waals surface area contributed by atoms with Crippen molar-refractivity contribution in [3.8, 4) is 11.3 Å². The molecule has 0 spiro atoms. The maximum Gasteiger partial charge on any atom is 0.323 e. The van der Waals surface area contributed by atoms with Gasteiger partial charge in [0.25, 0.3) is 0 Å². The van der Waals surface area contributed by atoms with Gasteiger partial charge in [-0.1, -0.05) is 18.2 Å². The molecule has 1 aromatic carbocycles. The first-order valence-corrected chi connectivity index (χ1v) is 14.8. The van der Waals surface area contributed by atoms with E-state index in [1.807, 2.05) is 36.4 Å². The summed E-state index contributed by atoms with van der Waals surface area (Å²) in [5, 5.41) is 5.77. The highest BCUT2D eigenvalue weighted by Crippen LogP contribution is 2.40. The topological polar surface area (TPSA) is 133 Å². The van der Waals surface area contributed by atoms with Crippen LogP contribution in [0.25, 0.3) is 11.3 Å². The molecule has 1 fully saturated rings. The summed E-state index contributed by atoms with van der Waals surface area (Å²) in [6.07, 6.45) is 2.22. The van der Waals surface area contributed by atoms with E-state index >= 15 is 0 Å². The number of anilines is 3. The average Bonchev–Trinajstić information content (AvgIpc) is 3.28. The van der Waals surface area contributed by atoms with Gasteiger partial charge in [-0.2, -0.15) is 0 Å². The van der Waals surface area contributed by atoms with Crippen LogP contribution in [0.2, 0.25) is 0 Å². The molecule has 0 saturated carbocycles. The number of aromatic amines is 1. The number of hydrogen-bond donors (Lipinski definition) is 3. The molecule has 3 heterocycles. The van der Waals surface area contributed by atoms with Crippen molar-refractivity contribution < 1.29 is 22.7 Å². The van der Waals surface area contributed by atoms with Crippen LogP contribution in [0.5, 0.6) is 0 Å². The van der Waals surface area contributed by atoms with Gasteiger partial charge in [-0.15, -0.1) is 0 Å². The Morgan fingerprint density at radius 1 is 1.15 bits per heavy atom. The van der Waals surface area contributed by atoms with E-state index in [4.69, 9.17) is 4.74 Å². The minimum atomic E-state index is -3.30. The number of aromatic nitrogens is 2. The molecule has 1 unspecified atom stereocenters. The summed E-state index contributed by atoms with van der Waals surface area (Å²) in [6.45, 7) is 5.34. The molecule has 1 atom stereocenters. The Labute approximate surface area is 228 Å². The smallest absolute Gasteiger partial charge is 0.323 e. The molecule has 3 N–H and O–H groups in total. The Morgan fingerprint density at radius 3 is 2.62 bits per heavy atom. The lowest BCUT2D eigenvalue weighted by atomic mass is 9.87. The number of morpholine rings is 1. The Hall–Kier alpha value is -3.70. The van der Waals surface area contributed by atoms with Crippen molar-refractivity contribution in [1.29, 1.82) is 0 Å². The number of ketones is 1. The number of rotatable bonds is 7. The van der Waals surface area contributed by atoms with Gasteiger partial charge in [-0.25, -0.2) is 18.2 Å². The zero-order chi connectivity index (χ0) is 27.6. The van der Waals surface area contributed by atoms with E-state index in [0.717, 1.165) is 11.3 Å². The number of para-hydroxylation sites is 1. The zero-order valence-electron chi connectivity index (χ0n) is 22.1. The average molecular weight is 552 g/mol. The normalized spacial score (nSPS) is 17.7. The molecular weight excluding hydrogens is 518 g/mol. The van der Waals surface area contributed by atoms with E-state index in [0.29, 0.717) is 61.2 Å². The van der Waals surface area contributed by atoms with Gasteiger partial charge < -0.3 is 19.9 Å². The maximum atomic E-state index is 13.5. The lowest BCUT2D eigenvalue weighted by Crippen LogP contribution is -2.43. The number of fused-ring (bicyclic) bond motifs is 1. The summed E-state index contributed by atoms with van der Waals surface area (Å²) < 4.78 is 30.5. The minimum Gasteiger partial charge on any atom is -0.378 e. The number of carbonyl (C=O) groups is 2. The first-order valence-electron chi connectivity index (χ1n) is 13.1. The number of benzene rings is 1. The van der Waals surface area contributed by atoms with Crippen LogP contribution in [0.1, 0.15) is 36.3 Å². The van der Waals surface area contributed by atoms with Crippen molar-refractivity contribution in [2.75, 3.05) is 42.7 Å². The van der Waals surface area contributed by atoms with Crippen molar-refractivity contribution in [3.05, 3.63) is 59.9 Å². The van der Waals surface area contributed by atoms with Crippen molar-refractivity contribution in [3.63, 3.8) is 0 Å². The van der Waals surface area contributed by atoms with Crippen LogP contribution < -0.4 is 10.6 Å². The molecule has 0 bridgehead atoms. The fourth-order valence-electron chi connectivity index (χ4n) is 4.99. The molecule has 5 rings (SSSR count). The fraction of sp³-hybridized carbons (Fsp3) is 0.393. The molecule has 0 radical (unpaired) electrons. The van der Waals surface area contributed by atoms with Crippen LogP contribution >= 0.6 is 0 Å². The molecule has 39 heavy (non-hydrogen) atoms. The molecule has 2 aromatic heterocycles. The van der Waals surface area contributed by atoms with Crippen LogP contribution in [0.3, 0.4) is 0 Å². The highest BCUT2D eigenvalue weighted by atomic mass is 32.2.